The number of ether oxygens (including phenoxy) is 3. The number of hydrogen-bond acceptors (Lipinski definition) is 7. The zero-order valence-electron chi connectivity index (χ0n) is 38.1. The lowest BCUT2D eigenvalue weighted by molar-refractivity contribution is -0.150. The van der Waals surface area contributed by atoms with Gasteiger partial charge in [-0.3, -0.25) is 9.59 Å². The van der Waals surface area contributed by atoms with Crippen LogP contribution < -0.4 is 0 Å². The van der Waals surface area contributed by atoms with E-state index in [-0.39, 0.29) is 23.0 Å². The zero-order valence-corrected chi connectivity index (χ0v) is 38.9. The molecule has 0 bridgehead atoms. The molecule has 6 nitrogen and oxygen atoms in total. The number of hydrogen-bond donors (Lipinski definition) is 0. The van der Waals surface area contributed by atoms with E-state index >= 15 is 0 Å². The van der Waals surface area contributed by atoms with Crippen molar-refractivity contribution in [3.05, 3.63) is 0 Å². The molecule has 1 fully saturated rings. The van der Waals surface area contributed by atoms with Gasteiger partial charge in [-0.25, -0.2) is 0 Å². The third-order valence-electron chi connectivity index (χ3n) is 11.8. The van der Waals surface area contributed by atoms with Crippen molar-refractivity contribution in [3.63, 3.8) is 0 Å². The molecule has 1 rings (SSSR count). The monoisotopic (exact) mass is 810 g/mol. The molecule has 332 valence electrons. The smallest absolute Gasteiger partial charge is 0.306 e. The van der Waals surface area contributed by atoms with Crippen LogP contribution in [0.1, 0.15) is 252 Å². The molecule has 0 amide bonds. The molecule has 0 N–H and O–H groups in total. The Morgan fingerprint density at radius 3 is 1.54 bits per heavy atom. The van der Waals surface area contributed by atoms with Gasteiger partial charge in [-0.1, -0.05) is 162 Å². The van der Waals surface area contributed by atoms with Crippen LogP contribution in [0.25, 0.3) is 0 Å². The van der Waals surface area contributed by atoms with Crippen molar-refractivity contribution in [1.29, 1.82) is 0 Å². The van der Waals surface area contributed by atoms with Crippen LogP contribution in [0.4, 0.5) is 0 Å². The lowest BCUT2D eigenvalue weighted by Gasteiger charge is -2.28. The largest absolute Gasteiger partial charge is 0.466 e. The van der Waals surface area contributed by atoms with Crippen molar-refractivity contribution in [2.24, 2.45) is 0 Å². The molecule has 0 aliphatic carbocycles. The molecular formula is C49H95NO5S. The van der Waals surface area contributed by atoms with Gasteiger partial charge in [-0.05, 0) is 97.7 Å². The van der Waals surface area contributed by atoms with Crippen molar-refractivity contribution in [3.8, 4) is 0 Å². The Morgan fingerprint density at radius 2 is 1.02 bits per heavy atom. The number of thioether (sulfide) groups is 1. The Morgan fingerprint density at radius 1 is 0.589 bits per heavy atom. The molecule has 2 unspecified atom stereocenters. The van der Waals surface area contributed by atoms with E-state index in [1.54, 1.807) is 0 Å². The van der Waals surface area contributed by atoms with Gasteiger partial charge in [0.25, 0.3) is 0 Å². The molecular weight excluding hydrogens is 715 g/mol. The second-order valence-corrected chi connectivity index (χ2v) is 19.3. The molecule has 1 aliphatic rings. The number of esters is 2. The highest BCUT2D eigenvalue weighted by Gasteiger charge is 2.40. The first-order chi connectivity index (χ1) is 27.3. The summed E-state index contributed by atoms with van der Waals surface area (Å²) in [5.41, 5.74) is 0. The molecule has 0 spiro atoms. The molecule has 1 saturated heterocycles. The summed E-state index contributed by atoms with van der Waals surface area (Å²) in [6.45, 7) is 9.33. The molecule has 7 heteroatoms. The Bertz CT molecular complexity index is 871. The molecule has 0 aromatic carbocycles. The highest BCUT2D eigenvalue weighted by molar-refractivity contribution is 8.01. The maximum atomic E-state index is 12.9. The van der Waals surface area contributed by atoms with Gasteiger partial charge in [-0.15, -0.1) is 11.8 Å². The molecule has 2 atom stereocenters. The minimum absolute atomic E-state index is 0.0241. The average molecular weight is 810 g/mol. The van der Waals surface area contributed by atoms with E-state index in [0.29, 0.717) is 24.7 Å². The van der Waals surface area contributed by atoms with Crippen molar-refractivity contribution < 1.29 is 23.8 Å². The molecule has 0 saturated carbocycles. The predicted octanol–water partition coefficient (Wildman–Crippen LogP) is 14.9. The quantitative estimate of drug-likeness (QED) is 0.0449. The SMILES string of the molecule is CCCCCCCCCCCOC(=O)CCCCCC1(CCCCCCCC(=O)OC(CCCCCCCC)CCCCCCCC)OCC(CCN(C)C)S1. The van der Waals surface area contributed by atoms with Crippen LogP contribution in [0.3, 0.4) is 0 Å². The summed E-state index contributed by atoms with van der Waals surface area (Å²) >= 11 is 2.08. The molecule has 0 radical (unpaired) electrons. The molecule has 1 heterocycles. The van der Waals surface area contributed by atoms with Crippen molar-refractivity contribution >= 4 is 23.7 Å². The minimum Gasteiger partial charge on any atom is -0.466 e. The van der Waals surface area contributed by atoms with Crippen molar-refractivity contribution in [1.82, 2.24) is 4.90 Å². The van der Waals surface area contributed by atoms with Crippen LogP contribution >= 0.6 is 11.8 Å². The fourth-order valence-corrected chi connectivity index (χ4v) is 9.69. The number of nitrogens with zero attached hydrogens (tertiary/aromatic N) is 1. The summed E-state index contributed by atoms with van der Waals surface area (Å²) in [6.07, 6.45) is 42.2. The van der Waals surface area contributed by atoms with Gasteiger partial charge in [0, 0.05) is 18.1 Å². The summed E-state index contributed by atoms with van der Waals surface area (Å²) in [7, 11) is 4.31. The number of unbranched alkanes of at least 4 members (excludes halogenated alkanes) is 24. The Hall–Kier alpha value is -0.790. The summed E-state index contributed by atoms with van der Waals surface area (Å²) in [6, 6.07) is 0. The molecule has 1 aliphatic heterocycles. The Balaban J connectivity index is 2.33. The van der Waals surface area contributed by atoms with E-state index in [2.05, 4.69) is 51.5 Å². The summed E-state index contributed by atoms with van der Waals surface area (Å²) in [5, 5.41) is 0.561. The lowest BCUT2D eigenvalue weighted by atomic mass is 10.0. The number of rotatable bonds is 42. The van der Waals surface area contributed by atoms with Crippen LogP contribution in [0, 0.1) is 0 Å². The summed E-state index contributed by atoms with van der Waals surface area (Å²) < 4.78 is 18.3. The van der Waals surface area contributed by atoms with E-state index in [0.717, 1.165) is 83.8 Å². The highest BCUT2D eigenvalue weighted by atomic mass is 32.2. The molecule has 56 heavy (non-hydrogen) atoms. The fraction of sp³-hybridized carbons (Fsp3) is 0.959. The van der Waals surface area contributed by atoms with Crippen molar-refractivity contribution in [2.75, 3.05) is 33.9 Å². The highest BCUT2D eigenvalue weighted by Crippen LogP contribution is 2.46. The van der Waals surface area contributed by atoms with Gasteiger partial charge >= 0.3 is 11.9 Å². The first kappa shape index (κ1) is 53.2. The Kier molecular flexibility index (Phi) is 36.5. The van der Waals surface area contributed by atoms with Gasteiger partial charge in [0.15, 0.2) is 0 Å². The zero-order chi connectivity index (χ0) is 40.8. The molecule has 0 aromatic rings. The van der Waals surface area contributed by atoms with Gasteiger partial charge in [0.05, 0.1) is 13.2 Å². The van der Waals surface area contributed by atoms with Gasteiger partial charge in [0.2, 0.25) is 0 Å². The van der Waals surface area contributed by atoms with Crippen molar-refractivity contribution in [2.45, 2.75) is 268 Å². The first-order valence-corrected chi connectivity index (χ1v) is 25.5. The van der Waals surface area contributed by atoms with E-state index in [4.69, 9.17) is 14.2 Å². The van der Waals surface area contributed by atoms with E-state index in [1.165, 1.54) is 148 Å². The van der Waals surface area contributed by atoms with Crippen LogP contribution in [-0.2, 0) is 23.8 Å². The van der Waals surface area contributed by atoms with Gasteiger partial charge < -0.3 is 19.1 Å². The number of carbonyl (C=O) groups excluding carboxylic acids is 2. The maximum absolute atomic E-state index is 12.9. The van der Waals surface area contributed by atoms with Crippen LogP contribution in [-0.4, -0.2) is 67.0 Å². The van der Waals surface area contributed by atoms with Gasteiger partial charge in [0.1, 0.15) is 11.0 Å². The predicted molar refractivity (Wildman–Crippen MR) is 243 cm³/mol. The summed E-state index contributed by atoms with van der Waals surface area (Å²) in [4.78, 5) is 27.4. The third kappa shape index (κ3) is 32.1. The maximum Gasteiger partial charge on any atom is 0.306 e. The van der Waals surface area contributed by atoms with Crippen LogP contribution in [0.2, 0.25) is 0 Å². The average Bonchev–Trinajstić information content (AvgIpc) is 3.59. The summed E-state index contributed by atoms with van der Waals surface area (Å²) in [5.74, 6) is 0.00133. The van der Waals surface area contributed by atoms with E-state index in [1.807, 2.05) is 0 Å². The standard InChI is InChI=1S/C49H95NO5S/c1-6-9-12-15-18-19-20-26-34-43-53-47(51)37-31-27-33-41-49(54-44-46(56-49)39-42-50(4)5)40-32-25-21-24-30-38-48(52)55-45(35-28-22-16-13-10-7-2)36-29-23-17-14-11-8-3/h45-46H,6-44H2,1-5H3. The minimum atomic E-state index is -0.0850. The van der Waals surface area contributed by atoms with Gasteiger partial charge in [-0.2, -0.15) is 0 Å². The van der Waals surface area contributed by atoms with E-state index < -0.39 is 0 Å². The fourth-order valence-electron chi connectivity index (χ4n) is 8.07. The second kappa shape index (κ2) is 38.4. The topological polar surface area (TPSA) is 65.1 Å². The first-order valence-electron chi connectivity index (χ1n) is 24.7. The number of carbonyl (C=O) groups is 2. The van der Waals surface area contributed by atoms with Crippen LogP contribution in [0.15, 0.2) is 0 Å². The third-order valence-corrected chi connectivity index (χ3v) is 13.4. The normalized spacial score (nSPS) is 17.0. The lowest BCUT2D eigenvalue weighted by Crippen LogP contribution is -2.24. The Labute approximate surface area is 353 Å². The second-order valence-electron chi connectivity index (χ2n) is 17.7. The van der Waals surface area contributed by atoms with E-state index in [9.17, 15) is 9.59 Å². The van der Waals surface area contributed by atoms with Crippen LogP contribution in [0.5, 0.6) is 0 Å². The molecule has 0 aromatic heterocycles.